The molecule has 1 atom stereocenters. The maximum atomic E-state index is 10.9. The number of phenolic OH excluding ortho intramolecular Hbond substituents is 1. The Morgan fingerprint density at radius 3 is 2.45 bits per heavy atom. The van der Waals surface area contributed by atoms with Gasteiger partial charge in [-0.2, -0.15) is 0 Å². The van der Waals surface area contributed by atoms with Gasteiger partial charge in [0.2, 0.25) is 0 Å². The van der Waals surface area contributed by atoms with Gasteiger partial charge in [-0.1, -0.05) is 32.0 Å². The van der Waals surface area contributed by atoms with E-state index in [1.807, 2.05) is 43.5 Å². The fourth-order valence-corrected chi connectivity index (χ4v) is 2.96. The summed E-state index contributed by atoms with van der Waals surface area (Å²) in [5.41, 5.74) is 4.48. The number of hydrogen-bond acceptors (Lipinski definition) is 2. The number of aromatic hydroxyl groups is 1. The van der Waals surface area contributed by atoms with Crippen LogP contribution in [0.3, 0.4) is 0 Å². The Bertz CT molecular complexity index is 817. The zero-order valence-corrected chi connectivity index (χ0v) is 13.1. The Balaban J connectivity index is 2.16. The van der Waals surface area contributed by atoms with E-state index in [1.165, 1.54) is 0 Å². The Hall–Kier alpha value is -2.26. The molecule has 0 amide bonds. The van der Waals surface area contributed by atoms with Gasteiger partial charge in [0, 0.05) is 22.7 Å². The normalized spacial score (nSPS) is 13.0. The molecule has 3 rings (SSSR count). The number of nitrogens with one attached hydrogen (secondary N) is 1. The largest absolute Gasteiger partial charge is 0.508 e. The first-order chi connectivity index (χ1) is 10.5. The zero-order valence-electron chi connectivity index (χ0n) is 13.1. The first-order valence-electron chi connectivity index (χ1n) is 7.56. The number of aliphatic hydroxyl groups excluding tert-OH is 1. The van der Waals surface area contributed by atoms with Crippen molar-refractivity contribution < 1.29 is 10.2 Å². The molecular formula is C19H21NO2. The molecule has 0 saturated carbocycles. The summed E-state index contributed by atoms with van der Waals surface area (Å²) in [6.07, 6.45) is 1.15. The van der Waals surface area contributed by atoms with Crippen LogP contribution in [0.1, 0.15) is 48.1 Å². The van der Waals surface area contributed by atoms with Crippen LogP contribution < -0.4 is 0 Å². The molecule has 1 aromatic heterocycles. The van der Waals surface area contributed by atoms with E-state index in [0.717, 1.165) is 33.2 Å². The molecule has 3 N–H and O–H groups in total. The molecule has 1 heterocycles. The van der Waals surface area contributed by atoms with Crippen molar-refractivity contribution in [2.75, 3.05) is 0 Å². The van der Waals surface area contributed by atoms with E-state index in [0.29, 0.717) is 0 Å². The summed E-state index contributed by atoms with van der Waals surface area (Å²) >= 11 is 0. The molecule has 0 aliphatic heterocycles. The van der Waals surface area contributed by atoms with Crippen molar-refractivity contribution in [2.24, 2.45) is 0 Å². The average molecular weight is 295 g/mol. The van der Waals surface area contributed by atoms with Gasteiger partial charge in [0.1, 0.15) is 11.9 Å². The van der Waals surface area contributed by atoms with Crippen molar-refractivity contribution in [2.45, 2.75) is 32.8 Å². The quantitative estimate of drug-likeness (QED) is 0.671. The maximum Gasteiger partial charge on any atom is 0.118 e. The van der Waals surface area contributed by atoms with Crippen LogP contribution in [-0.4, -0.2) is 15.2 Å². The lowest BCUT2D eigenvalue weighted by Gasteiger charge is -2.19. The molecule has 0 aliphatic carbocycles. The highest BCUT2D eigenvalue weighted by molar-refractivity contribution is 5.84. The second kappa shape index (κ2) is 5.50. The second-order valence-corrected chi connectivity index (χ2v) is 6.11. The van der Waals surface area contributed by atoms with Gasteiger partial charge in [0.25, 0.3) is 0 Å². The second-order valence-electron chi connectivity index (χ2n) is 6.11. The van der Waals surface area contributed by atoms with Crippen LogP contribution >= 0.6 is 0 Å². The summed E-state index contributed by atoms with van der Waals surface area (Å²) in [4.78, 5) is 3.20. The number of benzene rings is 2. The molecule has 1 unspecified atom stereocenters. The summed E-state index contributed by atoms with van der Waals surface area (Å²) < 4.78 is 0. The predicted octanol–water partition coefficient (Wildman–Crippen LogP) is 4.39. The molecule has 0 bridgehead atoms. The Labute approximate surface area is 130 Å². The van der Waals surface area contributed by atoms with E-state index >= 15 is 0 Å². The first-order valence-corrected chi connectivity index (χ1v) is 7.56. The fourth-order valence-electron chi connectivity index (χ4n) is 2.96. The minimum atomic E-state index is -0.715. The number of para-hydroxylation sites is 1. The monoisotopic (exact) mass is 295 g/mol. The average Bonchev–Trinajstić information content (AvgIpc) is 2.92. The molecule has 2 aromatic carbocycles. The van der Waals surface area contributed by atoms with Gasteiger partial charge in [-0.25, -0.2) is 0 Å². The molecule has 0 aliphatic rings. The number of aryl methyl sites for hydroxylation is 1. The number of aliphatic hydroxyl groups is 1. The van der Waals surface area contributed by atoms with Gasteiger partial charge in [-0.15, -0.1) is 0 Å². The number of hydrogen-bond donors (Lipinski definition) is 3. The van der Waals surface area contributed by atoms with Crippen LogP contribution in [0.25, 0.3) is 10.9 Å². The topological polar surface area (TPSA) is 56.2 Å². The fraction of sp³-hybridized carbons (Fsp3) is 0.263. The van der Waals surface area contributed by atoms with Crippen molar-refractivity contribution >= 4 is 10.9 Å². The van der Waals surface area contributed by atoms with Crippen LogP contribution in [0.4, 0.5) is 0 Å². The third kappa shape index (κ3) is 2.38. The van der Waals surface area contributed by atoms with Gasteiger partial charge >= 0.3 is 0 Å². The summed E-state index contributed by atoms with van der Waals surface area (Å²) in [6.45, 7) is 5.98. The summed E-state index contributed by atoms with van der Waals surface area (Å²) in [6, 6.07) is 11.6. The van der Waals surface area contributed by atoms with Crippen molar-refractivity contribution in [1.82, 2.24) is 4.98 Å². The molecule has 3 nitrogen and oxygen atoms in total. The third-order valence-electron chi connectivity index (χ3n) is 4.23. The van der Waals surface area contributed by atoms with Crippen LogP contribution in [-0.2, 0) is 0 Å². The molecule has 0 saturated heterocycles. The van der Waals surface area contributed by atoms with Crippen molar-refractivity contribution in [1.29, 1.82) is 0 Å². The van der Waals surface area contributed by atoms with Crippen molar-refractivity contribution in [3.63, 3.8) is 0 Å². The highest BCUT2D eigenvalue weighted by Gasteiger charge is 2.20. The smallest absolute Gasteiger partial charge is 0.118 e. The van der Waals surface area contributed by atoms with E-state index in [4.69, 9.17) is 0 Å². The Kier molecular flexibility index (Phi) is 3.67. The maximum absolute atomic E-state index is 10.9. The van der Waals surface area contributed by atoms with Gasteiger partial charge in [0.05, 0.1) is 0 Å². The third-order valence-corrected chi connectivity index (χ3v) is 4.23. The van der Waals surface area contributed by atoms with Crippen molar-refractivity contribution in [3.05, 3.63) is 64.8 Å². The highest BCUT2D eigenvalue weighted by atomic mass is 16.3. The van der Waals surface area contributed by atoms with Crippen LogP contribution in [0.5, 0.6) is 5.75 Å². The molecular weight excluding hydrogens is 274 g/mol. The van der Waals surface area contributed by atoms with Crippen LogP contribution in [0.2, 0.25) is 0 Å². The standard InChI is InChI=1S/C19H21NO2/c1-11(2)14-9-18(21)12(3)8-15(14)19(22)16-10-20-17-7-5-4-6-13(16)17/h4-11,19-22H,1-3H3. The molecule has 22 heavy (non-hydrogen) atoms. The molecule has 0 fully saturated rings. The number of rotatable bonds is 3. The number of aromatic nitrogens is 1. The lowest BCUT2D eigenvalue weighted by molar-refractivity contribution is 0.220. The van der Waals surface area contributed by atoms with Crippen LogP contribution in [0.15, 0.2) is 42.6 Å². The Morgan fingerprint density at radius 2 is 1.73 bits per heavy atom. The van der Waals surface area contributed by atoms with E-state index in [1.54, 1.807) is 6.07 Å². The predicted molar refractivity (Wildman–Crippen MR) is 89.3 cm³/mol. The molecule has 3 aromatic rings. The summed E-state index contributed by atoms with van der Waals surface area (Å²) in [5, 5.41) is 21.9. The summed E-state index contributed by atoms with van der Waals surface area (Å²) in [7, 11) is 0. The Morgan fingerprint density at radius 1 is 1.00 bits per heavy atom. The number of aromatic amines is 1. The molecule has 0 radical (unpaired) electrons. The minimum absolute atomic E-state index is 0.223. The zero-order chi connectivity index (χ0) is 15.9. The van der Waals surface area contributed by atoms with Gasteiger partial charge in [0.15, 0.2) is 0 Å². The number of phenols is 1. The lowest BCUT2D eigenvalue weighted by atomic mass is 9.89. The first kappa shape index (κ1) is 14.7. The number of H-pyrrole nitrogens is 1. The van der Waals surface area contributed by atoms with E-state index in [-0.39, 0.29) is 11.7 Å². The molecule has 0 spiro atoms. The van der Waals surface area contributed by atoms with Gasteiger partial charge in [-0.05, 0) is 47.7 Å². The van der Waals surface area contributed by atoms with E-state index in [2.05, 4.69) is 18.8 Å². The molecule has 3 heteroatoms. The van der Waals surface area contributed by atoms with Crippen LogP contribution in [0, 0.1) is 6.92 Å². The van der Waals surface area contributed by atoms with E-state index < -0.39 is 6.10 Å². The van der Waals surface area contributed by atoms with Crippen molar-refractivity contribution in [3.8, 4) is 5.75 Å². The summed E-state index contributed by atoms with van der Waals surface area (Å²) in [5.74, 6) is 0.500. The van der Waals surface area contributed by atoms with Gasteiger partial charge in [-0.3, -0.25) is 0 Å². The minimum Gasteiger partial charge on any atom is -0.508 e. The molecule has 114 valence electrons. The van der Waals surface area contributed by atoms with Gasteiger partial charge < -0.3 is 15.2 Å². The van der Waals surface area contributed by atoms with E-state index in [9.17, 15) is 10.2 Å². The highest BCUT2D eigenvalue weighted by Crippen LogP contribution is 2.36. The lowest BCUT2D eigenvalue weighted by Crippen LogP contribution is -2.05. The number of fused-ring (bicyclic) bond motifs is 1. The SMILES string of the molecule is Cc1cc(C(O)c2c[nH]c3ccccc23)c(C(C)C)cc1O.